The lowest BCUT2D eigenvalue weighted by atomic mass is 10.1. The Hall–Kier alpha value is -2.50. The lowest BCUT2D eigenvalue weighted by Gasteiger charge is -2.09. The van der Waals surface area contributed by atoms with Crippen molar-refractivity contribution in [2.45, 2.75) is 6.61 Å². The number of rotatable bonds is 4. The van der Waals surface area contributed by atoms with Crippen molar-refractivity contribution in [1.82, 2.24) is 9.78 Å². The van der Waals surface area contributed by atoms with Crippen LogP contribution in [0.25, 0.3) is 0 Å². The minimum Gasteiger partial charge on any atom is -0.486 e. The van der Waals surface area contributed by atoms with E-state index in [1.165, 1.54) is 6.07 Å². The SMILES string of the molecule is Cn1ccc(COc2cccc(N)c2C(=O)O)n1. The summed E-state index contributed by atoms with van der Waals surface area (Å²) in [4.78, 5) is 11.1. The zero-order valence-electron chi connectivity index (χ0n) is 9.83. The van der Waals surface area contributed by atoms with Gasteiger partial charge in [0.05, 0.1) is 5.69 Å². The number of aromatic carboxylic acids is 1. The average Bonchev–Trinajstić information content (AvgIpc) is 2.72. The summed E-state index contributed by atoms with van der Waals surface area (Å²) in [6.07, 6.45) is 1.79. The zero-order chi connectivity index (χ0) is 13.1. The quantitative estimate of drug-likeness (QED) is 0.794. The second-order valence-electron chi connectivity index (χ2n) is 3.79. The molecule has 0 aliphatic heterocycles. The van der Waals surface area contributed by atoms with Gasteiger partial charge in [0, 0.05) is 18.9 Å². The van der Waals surface area contributed by atoms with Crippen LogP contribution in [0, 0.1) is 0 Å². The van der Waals surface area contributed by atoms with Crippen molar-refractivity contribution >= 4 is 11.7 Å². The Morgan fingerprint density at radius 3 is 2.89 bits per heavy atom. The summed E-state index contributed by atoms with van der Waals surface area (Å²) in [5, 5.41) is 13.2. The summed E-state index contributed by atoms with van der Waals surface area (Å²) >= 11 is 0. The monoisotopic (exact) mass is 247 g/mol. The van der Waals surface area contributed by atoms with Gasteiger partial charge in [-0.05, 0) is 18.2 Å². The minimum absolute atomic E-state index is 0.0200. The lowest BCUT2D eigenvalue weighted by Crippen LogP contribution is -2.07. The van der Waals surface area contributed by atoms with Gasteiger partial charge < -0.3 is 15.6 Å². The summed E-state index contributed by atoms with van der Waals surface area (Å²) in [5.74, 6) is -0.864. The Labute approximate surface area is 104 Å². The molecule has 0 fully saturated rings. The highest BCUT2D eigenvalue weighted by Gasteiger charge is 2.15. The fourth-order valence-corrected chi connectivity index (χ4v) is 1.59. The van der Waals surface area contributed by atoms with E-state index in [9.17, 15) is 4.79 Å². The molecule has 0 spiro atoms. The highest BCUT2D eigenvalue weighted by molar-refractivity contribution is 5.96. The van der Waals surface area contributed by atoms with Gasteiger partial charge >= 0.3 is 5.97 Å². The summed E-state index contributed by atoms with van der Waals surface area (Å²) in [6, 6.07) is 6.54. The maximum Gasteiger partial charge on any atom is 0.341 e. The Balaban J connectivity index is 2.19. The van der Waals surface area contributed by atoms with Gasteiger partial charge in [0.2, 0.25) is 0 Å². The van der Waals surface area contributed by atoms with E-state index >= 15 is 0 Å². The molecule has 1 aromatic heterocycles. The molecule has 0 unspecified atom stereocenters. The number of carbonyl (C=O) groups is 1. The molecular weight excluding hydrogens is 234 g/mol. The molecule has 3 N–H and O–H groups in total. The van der Waals surface area contributed by atoms with Crippen LogP contribution in [0.3, 0.4) is 0 Å². The highest BCUT2D eigenvalue weighted by atomic mass is 16.5. The number of nitrogens with two attached hydrogens (primary N) is 1. The van der Waals surface area contributed by atoms with Crippen molar-refractivity contribution in [2.24, 2.45) is 7.05 Å². The number of aryl methyl sites for hydroxylation is 1. The summed E-state index contributed by atoms with van der Waals surface area (Å²) < 4.78 is 7.09. The smallest absolute Gasteiger partial charge is 0.341 e. The molecule has 0 saturated carbocycles. The zero-order valence-corrected chi connectivity index (χ0v) is 9.83. The molecule has 6 nitrogen and oxygen atoms in total. The molecule has 1 aromatic carbocycles. The van der Waals surface area contributed by atoms with Crippen molar-refractivity contribution in [3.05, 3.63) is 41.7 Å². The molecule has 0 aliphatic carbocycles. The third-order valence-corrected chi connectivity index (χ3v) is 2.42. The second-order valence-corrected chi connectivity index (χ2v) is 3.79. The first kappa shape index (κ1) is 12.0. The van der Waals surface area contributed by atoms with Crippen molar-refractivity contribution < 1.29 is 14.6 Å². The molecule has 0 saturated heterocycles. The normalized spacial score (nSPS) is 10.3. The molecule has 18 heavy (non-hydrogen) atoms. The second kappa shape index (κ2) is 4.79. The van der Waals surface area contributed by atoms with Gasteiger partial charge in [-0.1, -0.05) is 6.07 Å². The summed E-state index contributed by atoms with van der Waals surface area (Å²) in [5.41, 5.74) is 6.50. The number of hydrogen-bond donors (Lipinski definition) is 2. The van der Waals surface area contributed by atoms with Crippen LogP contribution in [0.2, 0.25) is 0 Å². The third kappa shape index (κ3) is 2.42. The molecule has 94 valence electrons. The third-order valence-electron chi connectivity index (χ3n) is 2.42. The Morgan fingerprint density at radius 1 is 1.50 bits per heavy atom. The number of carboxylic acids is 1. The van der Waals surface area contributed by atoms with Gasteiger partial charge in [0.1, 0.15) is 17.9 Å². The van der Waals surface area contributed by atoms with E-state index in [1.807, 2.05) is 0 Å². The standard InChI is InChI=1S/C12H13N3O3/c1-15-6-5-8(14-15)7-18-10-4-2-3-9(13)11(10)12(16)17/h2-6H,7,13H2,1H3,(H,16,17). The van der Waals surface area contributed by atoms with Crippen LogP contribution >= 0.6 is 0 Å². The molecule has 0 atom stereocenters. The molecule has 0 aliphatic rings. The number of hydrogen-bond acceptors (Lipinski definition) is 4. The van der Waals surface area contributed by atoms with Crippen LogP contribution in [0.4, 0.5) is 5.69 Å². The maximum atomic E-state index is 11.1. The number of aromatic nitrogens is 2. The van der Waals surface area contributed by atoms with E-state index < -0.39 is 5.97 Å². The average molecular weight is 247 g/mol. The molecule has 2 aromatic rings. The summed E-state index contributed by atoms with van der Waals surface area (Å²) in [6.45, 7) is 0.199. The minimum atomic E-state index is -1.11. The topological polar surface area (TPSA) is 90.4 Å². The van der Waals surface area contributed by atoms with Gasteiger partial charge in [-0.15, -0.1) is 0 Å². The van der Waals surface area contributed by atoms with Crippen molar-refractivity contribution in [2.75, 3.05) is 5.73 Å². The van der Waals surface area contributed by atoms with E-state index in [4.69, 9.17) is 15.6 Å². The largest absolute Gasteiger partial charge is 0.486 e. The Morgan fingerprint density at radius 2 is 2.28 bits per heavy atom. The number of nitrogen functional groups attached to an aromatic ring is 1. The molecule has 2 rings (SSSR count). The van der Waals surface area contributed by atoms with E-state index in [0.717, 1.165) is 5.69 Å². The summed E-state index contributed by atoms with van der Waals surface area (Å²) in [7, 11) is 1.80. The molecule has 6 heteroatoms. The van der Waals surface area contributed by atoms with Gasteiger partial charge in [0.15, 0.2) is 0 Å². The predicted octanol–water partition coefficient (Wildman–Crippen LogP) is 1.28. The van der Waals surface area contributed by atoms with Crippen LogP contribution in [-0.2, 0) is 13.7 Å². The number of nitrogens with zero attached hydrogens (tertiary/aromatic N) is 2. The Bertz CT molecular complexity index is 578. The van der Waals surface area contributed by atoms with Gasteiger partial charge in [-0.25, -0.2) is 4.79 Å². The van der Waals surface area contributed by atoms with E-state index in [2.05, 4.69) is 5.10 Å². The van der Waals surface area contributed by atoms with Crippen molar-refractivity contribution in [3.63, 3.8) is 0 Å². The molecular formula is C12H13N3O3. The fraction of sp³-hybridized carbons (Fsp3) is 0.167. The first-order valence-electron chi connectivity index (χ1n) is 5.31. The van der Waals surface area contributed by atoms with Crippen LogP contribution in [-0.4, -0.2) is 20.9 Å². The van der Waals surface area contributed by atoms with Crippen LogP contribution < -0.4 is 10.5 Å². The Kier molecular flexibility index (Phi) is 3.18. The van der Waals surface area contributed by atoms with Gasteiger partial charge in [-0.3, -0.25) is 4.68 Å². The molecule has 0 bridgehead atoms. The number of anilines is 1. The number of ether oxygens (including phenoxy) is 1. The van der Waals surface area contributed by atoms with Crippen LogP contribution in [0.15, 0.2) is 30.5 Å². The predicted molar refractivity (Wildman–Crippen MR) is 65.4 cm³/mol. The lowest BCUT2D eigenvalue weighted by molar-refractivity contribution is 0.0693. The van der Waals surface area contributed by atoms with E-state index in [0.29, 0.717) is 0 Å². The fourth-order valence-electron chi connectivity index (χ4n) is 1.59. The van der Waals surface area contributed by atoms with Crippen LogP contribution in [0.5, 0.6) is 5.75 Å². The van der Waals surface area contributed by atoms with Gasteiger partial charge in [-0.2, -0.15) is 5.10 Å². The van der Waals surface area contributed by atoms with Crippen molar-refractivity contribution in [1.29, 1.82) is 0 Å². The highest BCUT2D eigenvalue weighted by Crippen LogP contribution is 2.24. The van der Waals surface area contributed by atoms with Gasteiger partial charge in [0.25, 0.3) is 0 Å². The van der Waals surface area contributed by atoms with E-state index in [-0.39, 0.29) is 23.6 Å². The first-order chi connectivity index (χ1) is 8.58. The van der Waals surface area contributed by atoms with Crippen LogP contribution in [0.1, 0.15) is 16.1 Å². The molecule has 1 heterocycles. The molecule has 0 amide bonds. The van der Waals surface area contributed by atoms with E-state index in [1.54, 1.807) is 36.1 Å². The molecule has 0 radical (unpaired) electrons. The number of benzene rings is 1. The number of carboxylic acid groups (broad SMARTS) is 1. The first-order valence-corrected chi connectivity index (χ1v) is 5.31. The van der Waals surface area contributed by atoms with Crippen molar-refractivity contribution in [3.8, 4) is 5.75 Å². The maximum absolute atomic E-state index is 11.1.